The van der Waals surface area contributed by atoms with E-state index in [-0.39, 0.29) is 10.8 Å². The van der Waals surface area contributed by atoms with Gasteiger partial charge in [0, 0.05) is 25.1 Å². The summed E-state index contributed by atoms with van der Waals surface area (Å²) >= 11 is 0. The average Bonchev–Trinajstić information content (AvgIpc) is 3.15. The Labute approximate surface area is 184 Å². The molecule has 0 aliphatic carbocycles. The van der Waals surface area contributed by atoms with Crippen molar-refractivity contribution in [3.05, 3.63) is 53.7 Å². The highest BCUT2D eigenvalue weighted by Gasteiger charge is 2.27. The summed E-state index contributed by atoms with van der Waals surface area (Å²) in [6.45, 7) is 8.03. The summed E-state index contributed by atoms with van der Waals surface area (Å²) in [5, 5.41) is 8.56. The Kier molecular flexibility index (Phi) is 6.34. The molecular weight excluding hydrogens is 410 g/mol. The molecule has 1 fully saturated rings. The van der Waals surface area contributed by atoms with Crippen LogP contribution in [0, 0.1) is 18.8 Å². The number of para-hydroxylation sites is 1. The largest absolute Gasteiger partial charge is 0.381 e. The molecule has 1 aliphatic heterocycles. The van der Waals surface area contributed by atoms with Gasteiger partial charge in [0.05, 0.1) is 21.8 Å². The normalized spacial score (nSPS) is 15.6. The molecule has 2 heterocycles. The van der Waals surface area contributed by atoms with Gasteiger partial charge in [0.1, 0.15) is 0 Å². The first-order valence-corrected chi connectivity index (χ1v) is 12.4. The molecule has 0 atom stereocenters. The van der Waals surface area contributed by atoms with E-state index in [1.165, 1.54) is 4.31 Å². The fourth-order valence-corrected chi connectivity index (χ4v) is 5.94. The molecule has 4 rings (SSSR count). The molecule has 0 saturated carbocycles. The van der Waals surface area contributed by atoms with Crippen molar-refractivity contribution in [3.63, 3.8) is 0 Å². The Bertz CT molecular complexity index is 1150. The van der Waals surface area contributed by atoms with Crippen LogP contribution in [0.25, 0.3) is 10.9 Å². The van der Waals surface area contributed by atoms with Crippen LogP contribution < -0.4 is 4.31 Å². The smallest absolute Gasteiger partial charge is 0.264 e. The first kappa shape index (κ1) is 21.8. The molecule has 1 aliphatic rings. The van der Waals surface area contributed by atoms with Crippen LogP contribution in [0.5, 0.6) is 0 Å². The van der Waals surface area contributed by atoms with Gasteiger partial charge in [0.25, 0.3) is 10.0 Å². The number of aromatic nitrogens is 2. The van der Waals surface area contributed by atoms with Crippen LogP contribution in [0.15, 0.2) is 47.4 Å². The Hall–Kier alpha value is -2.38. The second-order valence-electron chi connectivity index (χ2n) is 8.85. The molecule has 2 aromatic carbocycles. The maximum absolute atomic E-state index is 13.7. The fourth-order valence-electron chi connectivity index (χ4n) is 4.22. The van der Waals surface area contributed by atoms with Gasteiger partial charge in [-0.2, -0.15) is 5.10 Å². The first-order valence-electron chi connectivity index (χ1n) is 11.0. The number of nitrogens with zero attached hydrogens (tertiary/aromatic N) is 2. The Balaban J connectivity index is 1.68. The average molecular weight is 442 g/mol. The van der Waals surface area contributed by atoms with Crippen molar-refractivity contribution in [1.82, 2.24) is 10.2 Å². The van der Waals surface area contributed by atoms with Crippen LogP contribution in [-0.4, -0.2) is 38.4 Å². The van der Waals surface area contributed by atoms with E-state index in [1.807, 2.05) is 51.1 Å². The third kappa shape index (κ3) is 4.62. The predicted octanol–water partition coefficient (Wildman–Crippen LogP) is 4.69. The topological polar surface area (TPSA) is 75.3 Å². The van der Waals surface area contributed by atoms with Crippen molar-refractivity contribution < 1.29 is 13.2 Å². The summed E-state index contributed by atoms with van der Waals surface area (Å²) in [5.74, 6) is 0.752. The van der Waals surface area contributed by atoms with Crippen molar-refractivity contribution >= 4 is 26.6 Å². The van der Waals surface area contributed by atoms with E-state index in [0.29, 0.717) is 12.5 Å². The lowest BCUT2D eigenvalue weighted by Gasteiger charge is -2.27. The third-order valence-electron chi connectivity index (χ3n) is 5.94. The van der Waals surface area contributed by atoms with E-state index in [4.69, 9.17) is 4.74 Å². The lowest BCUT2D eigenvalue weighted by atomic mass is 9.94. The molecule has 7 heteroatoms. The number of ether oxygens (including phenoxy) is 1. The summed E-state index contributed by atoms with van der Waals surface area (Å²) in [7, 11) is -3.71. The van der Waals surface area contributed by atoms with E-state index >= 15 is 0 Å². The molecular formula is C24H31N3O3S. The number of hydrogen-bond donors (Lipinski definition) is 1. The highest BCUT2D eigenvalue weighted by Crippen LogP contribution is 2.30. The molecule has 0 bridgehead atoms. The minimum Gasteiger partial charge on any atom is -0.381 e. The van der Waals surface area contributed by atoms with Crippen molar-refractivity contribution in [3.8, 4) is 0 Å². The van der Waals surface area contributed by atoms with Crippen LogP contribution >= 0.6 is 0 Å². The zero-order valence-corrected chi connectivity index (χ0v) is 19.3. The van der Waals surface area contributed by atoms with Crippen molar-refractivity contribution in [1.29, 1.82) is 0 Å². The second-order valence-corrected chi connectivity index (χ2v) is 10.7. The molecule has 0 unspecified atom stereocenters. The van der Waals surface area contributed by atoms with Gasteiger partial charge < -0.3 is 4.74 Å². The number of fused-ring (bicyclic) bond motifs is 1. The van der Waals surface area contributed by atoms with E-state index in [0.717, 1.165) is 60.3 Å². The van der Waals surface area contributed by atoms with Gasteiger partial charge in [0.2, 0.25) is 0 Å². The van der Waals surface area contributed by atoms with Gasteiger partial charge in [-0.15, -0.1) is 0 Å². The number of anilines is 1. The van der Waals surface area contributed by atoms with Gasteiger partial charge >= 0.3 is 0 Å². The number of rotatable bonds is 7. The first-order chi connectivity index (χ1) is 14.9. The summed E-state index contributed by atoms with van der Waals surface area (Å²) in [5.41, 5.74) is 3.43. The number of sulfonamides is 1. The number of aryl methyl sites for hydroxylation is 1. The van der Waals surface area contributed by atoms with E-state index in [1.54, 1.807) is 12.1 Å². The molecule has 0 radical (unpaired) electrons. The Morgan fingerprint density at radius 3 is 2.61 bits per heavy atom. The zero-order valence-electron chi connectivity index (χ0n) is 18.5. The van der Waals surface area contributed by atoms with Gasteiger partial charge in [0.15, 0.2) is 0 Å². The minimum atomic E-state index is -3.71. The van der Waals surface area contributed by atoms with Crippen LogP contribution in [0.2, 0.25) is 0 Å². The highest BCUT2D eigenvalue weighted by molar-refractivity contribution is 7.92. The summed E-state index contributed by atoms with van der Waals surface area (Å²) in [4.78, 5) is 0.283. The zero-order chi connectivity index (χ0) is 22.0. The van der Waals surface area contributed by atoms with Crippen molar-refractivity contribution in [2.75, 3.05) is 24.1 Å². The molecule has 0 spiro atoms. The monoisotopic (exact) mass is 441 g/mol. The number of aromatic amines is 1. The van der Waals surface area contributed by atoms with Gasteiger partial charge in [-0.1, -0.05) is 32.0 Å². The van der Waals surface area contributed by atoms with Crippen LogP contribution in [0.1, 0.15) is 37.9 Å². The van der Waals surface area contributed by atoms with E-state index in [9.17, 15) is 8.42 Å². The molecule has 0 amide bonds. The second kappa shape index (κ2) is 9.01. The molecule has 1 N–H and O–H groups in total. The maximum atomic E-state index is 13.7. The number of hydrogen-bond acceptors (Lipinski definition) is 4. The molecule has 1 aromatic heterocycles. The number of nitrogens with one attached hydrogen (secondary N) is 1. The van der Waals surface area contributed by atoms with Gasteiger partial charge in [-0.05, 0) is 67.9 Å². The summed E-state index contributed by atoms with van der Waals surface area (Å²) in [6.07, 6.45) is 2.97. The van der Waals surface area contributed by atoms with Crippen LogP contribution in [0.3, 0.4) is 0 Å². The summed E-state index contributed by atoms with van der Waals surface area (Å²) in [6, 6.07) is 12.9. The number of H-pyrrole nitrogens is 1. The SMILES string of the molecule is Cc1ccccc1N(CC(C)C)S(=O)(=O)c1ccc2c(CC3CCOCC3)n[nH]c2c1. The maximum Gasteiger partial charge on any atom is 0.264 e. The fraction of sp³-hybridized carbons (Fsp3) is 0.458. The standard InChI is InChI=1S/C24H31N3O3S/c1-17(2)16-27(24-7-5-4-6-18(24)3)31(28,29)20-8-9-21-22(25-26-23(21)15-20)14-19-10-12-30-13-11-19/h4-9,15,17,19H,10-14,16H2,1-3H3,(H,25,26). The molecule has 166 valence electrons. The van der Waals surface area contributed by atoms with Crippen LogP contribution in [0.4, 0.5) is 5.69 Å². The van der Waals surface area contributed by atoms with E-state index in [2.05, 4.69) is 10.2 Å². The lowest BCUT2D eigenvalue weighted by molar-refractivity contribution is 0.0663. The Morgan fingerprint density at radius 2 is 1.90 bits per heavy atom. The van der Waals surface area contributed by atoms with Crippen LogP contribution in [-0.2, 0) is 21.2 Å². The van der Waals surface area contributed by atoms with E-state index < -0.39 is 10.0 Å². The predicted molar refractivity (Wildman–Crippen MR) is 124 cm³/mol. The molecule has 3 aromatic rings. The summed E-state index contributed by atoms with van der Waals surface area (Å²) < 4.78 is 34.3. The Morgan fingerprint density at radius 1 is 1.16 bits per heavy atom. The lowest BCUT2D eigenvalue weighted by Crippen LogP contribution is -2.34. The quantitative estimate of drug-likeness (QED) is 0.577. The third-order valence-corrected chi connectivity index (χ3v) is 7.71. The molecule has 6 nitrogen and oxygen atoms in total. The number of benzene rings is 2. The van der Waals surface area contributed by atoms with Gasteiger partial charge in [-0.25, -0.2) is 8.42 Å². The van der Waals surface area contributed by atoms with Gasteiger partial charge in [-0.3, -0.25) is 9.40 Å². The highest BCUT2D eigenvalue weighted by atomic mass is 32.2. The van der Waals surface area contributed by atoms with Crippen molar-refractivity contribution in [2.24, 2.45) is 11.8 Å². The molecule has 1 saturated heterocycles. The molecule has 31 heavy (non-hydrogen) atoms. The van der Waals surface area contributed by atoms with Crippen molar-refractivity contribution in [2.45, 2.75) is 44.9 Å². The minimum absolute atomic E-state index is 0.191.